The second kappa shape index (κ2) is 8.63. The van der Waals surface area contributed by atoms with Crippen LogP contribution in [0.3, 0.4) is 0 Å². The molecule has 1 atom stereocenters. The summed E-state index contributed by atoms with van der Waals surface area (Å²) in [6.07, 6.45) is 4.48. The predicted molar refractivity (Wildman–Crippen MR) is 113 cm³/mol. The van der Waals surface area contributed by atoms with Crippen LogP contribution in [-0.4, -0.2) is 28.8 Å². The third-order valence-corrected chi connectivity index (χ3v) is 5.01. The van der Waals surface area contributed by atoms with Gasteiger partial charge in [0.15, 0.2) is 5.78 Å². The fraction of sp³-hybridized carbons (Fsp3) is 0.167. The summed E-state index contributed by atoms with van der Waals surface area (Å²) in [6, 6.07) is 23.9. The number of hydrogen-bond acceptors (Lipinski definition) is 3. The van der Waals surface area contributed by atoms with Crippen molar-refractivity contribution in [3.8, 4) is 0 Å². The van der Waals surface area contributed by atoms with Gasteiger partial charge in [0.2, 0.25) is 0 Å². The number of nitrogens with one attached hydrogen (secondary N) is 2. The molecule has 0 fully saturated rings. The second-order valence-corrected chi connectivity index (χ2v) is 6.85. The molecule has 4 nitrogen and oxygen atoms in total. The molecule has 0 spiro atoms. The largest absolute Gasteiger partial charge is 0.360 e. The van der Waals surface area contributed by atoms with E-state index in [9.17, 15) is 4.79 Å². The van der Waals surface area contributed by atoms with Gasteiger partial charge >= 0.3 is 0 Å². The minimum atomic E-state index is -0.232. The Labute approximate surface area is 164 Å². The van der Waals surface area contributed by atoms with Gasteiger partial charge in [0.05, 0.1) is 5.92 Å². The molecule has 2 heterocycles. The summed E-state index contributed by atoms with van der Waals surface area (Å²) in [5.41, 5.74) is 3.81. The second-order valence-electron chi connectivity index (χ2n) is 6.85. The lowest BCUT2D eigenvalue weighted by molar-refractivity contribution is 0.0960. The molecule has 2 N–H and O–H groups in total. The maximum atomic E-state index is 13.4. The zero-order valence-electron chi connectivity index (χ0n) is 15.6. The summed E-state index contributed by atoms with van der Waals surface area (Å²) in [7, 11) is 0. The number of carbonyl (C=O) groups is 1. The zero-order chi connectivity index (χ0) is 19.2. The SMILES string of the molecule is O=C(c1c[nH]c2ccccc12)C(CNCCc1ccccn1)c1ccccc1. The number of nitrogens with zero attached hydrogens (tertiary/aromatic N) is 1. The Morgan fingerprint density at radius 1 is 0.964 bits per heavy atom. The Bertz CT molecular complexity index is 1040. The third kappa shape index (κ3) is 4.02. The Morgan fingerprint density at radius 3 is 2.57 bits per heavy atom. The molecular weight excluding hydrogens is 346 g/mol. The lowest BCUT2D eigenvalue weighted by Crippen LogP contribution is -2.28. The van der Waals surface area contributed by atoms with Gasteiger partial charge in [0, 0.05) is 54.1 Å². The van der Waals surface area contributed by atoms with E-state index in [2.05, 4.69) is 15.3 Å². The van der Waals surface area contributed by atoms with E-state index in [4.69, 9.17) is 0 Å². The molecule has 4 heteroatoms. The van der Waals surface area contributed by atoms with Gasteiger partial charge in [0.25, 0.3) is 0 Å². The number of aromatic amines is 1. The molecule has 0 saturated heterocycles. The van der Waals surface area contributed by atoms with E-state index in [0.29, 0.717) is 6.54 Å². The molecule has 0 aliphatic heterocycles. The number of carbonyl (C=O) groups excluding carboxylic acids is 1. The standard InChI is InChI=1S/C24H23N3O/c28-24(22-17-27-23-12-5-4-11-20(22)23)21(18-8-2-1-3-9-18)16-25-15-13-19-10-6-7-14-26-19/h1-12,14,17,21,25,27H,13,15-16H2. The van der Waals surface area contributed by atoms with Gasteiger partial charge in [-0.1, -0.05) is 54.6 Å². The van der Waals surface area contributed by atoms with Crippen molar-refractivity contribution in [2.75, 3.05) is 13.1 Å². The maximum Gasteiger partial charge on any atom is 0.173 e. The Hall–Kier alpha value is -3.24. The Morgan fingerprint density at radius 2 is 1.75 bits per heavy atom. The first-order chi connectivity index (χ1) is 13.8. The summed E-state index contributed by atoms with van der Waals surface area (Å²) >= 11 is 0. The molecule has 2 aromatic heterocycles. The molecule has 4 aromatic rings. The first-order valence-electron chi connectivity index (χ1n) is 9.59. The van der Waals surface area contributed by atoms with E-state index in [1.54, 1.807) is 0 Å². The normalized spacial score (nSPS) is 12.1. The van der Waals surface area contributed by atoms with Crippen LogP contribution in [0.15, 0.2) is 85.2 Å². The van der Waals surface area contributed by atoms with Crippen LogP contribution in [0.4, 0.5) is 0 Å². The lowest BCUT2D eigenvalue weighted by atomic mass is 9.90. The topological polar surface area (TPSA) is 57.8 Å². The van der Waals surface area contributed by atoms with Crippen LogP contribution in [0.5, 0.6) is 0 Å². The number of para-hydroxylation sites is 1. The van der Waals surface area contributed by atoms with Crippen molar-refractivity contribution in [2.24, 2.45) is 0 Å². The van der Waals surface area contributed by atoms with Gasteiger partial charge in [-0.3, -0.25) is 9.78 Å². The average molecular weight is 369 g/mol. The van der Waals surface area contributed by atoms with Gasteiger partial charge in [-0.25, -0.2) is 0 Å². The van der Waals surface area contributed by atoms with E-state index in [0.717, 1.165) is 40.7 Å². The van der Waals surface area contributed by atoms with Gasteiger partial charge in [-0.15, -0.1) is 0 Å². The quantitative estimate of drug-likeness (QED) is 0.358. The van der Waals surface area contributed by atoms with Gasteiger partial charge < -0.3 is 10.3 Å². The minimum Gasteiger partial charge on any atom is -0.360 e. The smallest absolute Gasteiger partial charge is 0.173 e. The summed E-state index contributed by atoms with van der Waals surface area (Å²) in [5.74, 6) is -0.0990. The molecule has 0 aliphatic rings. The molecule has 4 rings (SSSR count). The molecule has 28 heavy (non-hydrogen) atoms. The number of H-pyrrole nitrogens is 1. The summed E-state index contributed by atoms with van der Waals surface area (Å²) in [6.45, 7) is 1.37. The molecule has 0 amide bonds. The highest BCUT2D eigenvalue weighted by atomic mass is 16.1. The summed E-state index contributed by atoms with van der Waals surface area (Å²) < 4.78 is 0. The fourth-order valence-corrected chi connectivity index (χ4v) is 3.52. The van der Waals surface area contributed by atoms with Crippen molar-refractivity contribution in [1.82, 2.24) is 15.3 Å². The molecule has 0 radical (unpaired) electrons. The summed E-state index contributed by atoms with van der Waals surface area (Å²) in [5, 5.41) is 4.43. The van der Waals surface area contributed by atoms with E-state index >= 15 is 0 Å². The van der Waals surface area contributed by atoms with E-state index in [1.807, 2.05) is 85.2 Å². The molecule has 2 aromatic carbocycles. The first-order valence-corrected chi connectivity index (χ1v) is 9.59. The monoisotopic (exact) mass is 369 g/mol. The number of hydrogen-bond donors (Lipinski definition) is 2. The van der Waals surface area contributed by atoms with Crippen LogP contribution >= 0.6 is 0 Å². The van der Waals surface area contributed by atoms with Crippen molar-refractivity contribution >= 4 is 16.7 Å². The van der Waals surface area contributed by atoms with Crippen molar-refractivity contribution in [2.45, 2.75) is 12.3 Å². The first kappa shape index (κ1) is 18.1. The number of fused-ring (bicyclic) bond motifs is 1. The molecule has 0 bridgehead atoms. The Kier molecular flexibility index (Phi) is 5.59. The highest BCUT2D eigenvalue weighted by molar-refractivity contribution is 6.10. The van der Waals surface area contributed by atoms with E-state index in [1.165, 1.54) is 0 Å². The lowest BCUT2D eigenvalue weighted by Gasteiger charge is -2.17. The number of benzene rings is 2. The van der Waals surface area contributed by atoms with Crippen LogP contribution in [0, 0.1) is 0 Å². The number of pyridine rings is 1. The van der Waals surface area contributed by atoms with Crippen molar-refractivity contribution < 1.29 is 4.79 Å². The van der Waals surface area contributed by atoms with Crippen molar-refractivity contribution in [3.05, 3.63) is 102 Å². The predicted octanol–water partition coefficient (Wildman–Crippen LogP) is 4.36. The minimum absolute atomic E-state index is 0.133. The number of Topliss-reactive ketones (excluding diaryl/α,β-unsaturated/α-hetero) is 1. The molecule has 0 aliphatic carbocycles. The summed E-state index contributed by atoms with van der Waals surface area (Å²) in [4.78, 5) is 21.0. The third-order valence-electron chi connectivity index (χ3n) is 5.01. The maximum absolute atomic E-state index is 13.4. The fourth-order valence-electron chi connectivity index (χ4n) is 3.52. The number of ketones is 1. The van der Waals surface area contributed by atoms with Crippen molar-refractivity contribution in [3.63, 3.8) is 0 Å². The van der Waals surface area contributed by atoms with Crippen molar-refractivity contribution in [1.29, 1.82) is 0 Å². The molecule has 1 unspecified atom stereocenters. The zero-order valence-corrected chi connectivity index (χ0v) is 15.6. The van der Waals surface area contributed by atoms with Crippen LogP contribution in [-0.2, 0) is 6.42 Å². The molecule has 0 saturated carbocycles. The number of aromatic nitrogens is 2. The van der Waals surface area contributed by atoms with Gasteiger partial charge in [-0.05, 0) is 23.8 Å². The van der Waals surface area contributed by atoms with Crippen LogP contribution in [0.2, 0.25) is 0 Å². The molecule has 140 valence electrons. The van der Waals surface area contributed by atoms with Gasteiger partial charge in [0.1, 0.15) is 0 Å². The number of rotatable bonds is 8. The highest BCUT2D eigenvalue weighted by Crippen LogP contribution is 2.25. The molecular formula is C24H23N3O. The Balaban J connectivity index is 1.51. The van der Waals surface area contributed by atoms with E-state index < -0.39 is 0 Å². The van der Waals surface area contributed by atoms with Gasteiger partial charge in [-0.2, -0.15) is 0 Å². The van der Waals surface area contributed by atoms with Crippen LogP contribution in [0.1, 0.15) is 27.5 Å². The average Bonchev–Trinajstić information content (AvgIpc) is 3.19. The van der Waals surface area contributed by atoms with Crippen LogP contribution < -0.4 is 5.32 Å². The van der Waals surface area contributed by atoms with E-state index in [-0.39, 0.29) is 11.7 Å². The highest BCUT2D eigenvalue weighted by Gasteiger charge is 2.24. The van der Waals surface area contributed by atoms with Crippen LogP contribution in [0.25, 0.3) is 10.9 Å².